The second-order valence-electron chi connectivity index (χ2n) is 6.52. The van der Waals surface area contributed by atoms with Crippen LogP contribution < -0.4 is 11.1 Å². The Balaban J connectivity index is 0.00000132. The minimum atomic E-state index is -0.495. The van der Waals surface area contributed by atoms with Gasteiger partial charge in [0.15, 0.2) is 0 Å². The van der Waals surface area contributed by atoms with Gasteiger partial charge in [0.05, 0.1) is 17.6 Å². The van der Waals surface area contributed by atoms with E-state index in [0.29, 0.717) is 33.0 Å². The molecule has 3 heterocycles. The second kappa shape index (κ2) is 9.53. The van der Waals surface area contributed by atoms with Gasteiger partial charge in [-0.1, -0.05) is 25.4 Å². The summed E-state index contributed by atoms with van der Waals surface area (Å²) in [6.45, 7) is 5.85. The molecular formula is C22H22ClFN6O. The van der Waals surface area contributed by atoms with Crippen LogP contribution in [0.3, 0.4) is 0 Å². The number of hydrogen-bond acceptors (Lipinski definition) is 5. The van der Waals surface area contributed by atoms with Gasteiger partial charge in [0, 0.05) is 28.7 Å². The molecule has 0 saturated carbocycles. The molecule has 4 rings (SSSR count). The molecule has 1 amide bonds. The Morgan fingerprint density at radius 1 is 1.19 bits per heavy atom. The molecule has 0 aliphatic carbocycles. The third-order valence-corrected chi connectivity index (χ3v) is 4.58. The van der Waals surface area contributed by atoms with E-state index in [4.69, 9.17) is 17.3 Å². The van der Waals surface area contributed by atoms with Crippen molar-refractivity contribution < 1.29 is 9.18 Å². The molecular weight excluding hydrogens is 419 g/mol. The number of hydrogen-bond donors (Lipinski definition) is 2. The van der Waals surface area contributed by atoms with Crippen LogP contribution in [-0.2, 0) is 11.3 Å². The summed E-state index contributed by atoms with van der Waals surface area (Å²) in [6, 6.07) is 7.85. The lowest BCUT2D eigenvalue weighted by Gasteiger charge is -2.12. The summed E-state index contributed by atoms with van der Waals surface area (Å²) in [7, 11) is 0. The summed E-state index contributed by atoms with van der Waals surface area (Å²) in [5.74, 6) is -0.904. The third kappa shape index (κ3) is 4.97. The van der Waals surface area contributed by atoms with Gasteiger partial charge in [0.2, 0.25) is 5.91 Å². The minimum Gasteiger partial charge on any atom is -0.368 e. The van der Waals surface area contributed by atoms with E-state index >= 15 is 0 Å². The van der Waals surface area contributed by atoms with Crippen LogP contribution >= 0.6 is 11.6 Å². The van der Waals surface area contributed by atoms with Crippen LogP contribution in [0, 0.1) is 12.7 Å². The van der Waals surface area contributed by atoms with Crippen molar-refractivity contribution in [3.8, 4) is 11.3 Å². The summed E-state index contributed by atoms with van der Waals surface area (Å²) in [4.78, 5) is 19.8. The standard InChI is InChI=1S/C20H16ClFN6O.C2H6/c1-11-8-25-17(13-6-12(21)2-3-14(13)22)7-16(11)26-15-4-5-24-18-9-28(10-19(23)29)27-20(15)18;1-2/h2-9H,10H2,1H3,(H2,23,29)(H,25,26);1-2H3. The monoisotopic (exact) mass is 440 g/mol. The zero-order chi connectivity index (χ0) is 22.5. The number of pyridine rings is 2. The highest BCUT2D eigenvalue weighted by molar-refractivity contribution is 6.30. The van der Waals surface area contributed by atoms with E-state index in [2.05, 4.69) is 20.4 Å². The van der Waals surface area contributed by atoms with Crippen molar-refractivity contribution in [3.63, 3.8) is 0 Å². The number of nitrogens with one attached hydrogen (secondary N) is 1. The first-order chi connectivity index (χ1) is 14.9. The number of anilines is 2. The van der Waals surface area contributed by atoms with Gasteiger partial charge in [-0.15, -0.1) is 0 Å². The number of fused-ring (bicyclic) bond motifs is 1. The van der Waals surface area contributed by atoms with Gasteiger partial charge in [-0.2, -0.15) is 5.10 Å². The largest absolute Gasteiger partial charge is 0.368 e. The number of aromatic nitrogens is 4. The maximum Gasteiger partial charge on any atom is 0.239 e. The maximum absolute atomic E-state index is 14.3. The lowest BCUT2D eigenvalue weighted by Crippen LogP contribution is -2.18. The van der Waals surface area contributed by atoms with Crippen molar-refractivity contribution in [2.75, 3.05) is 5.32 Å². The number of amides is 1. The Morgan fingerprint density at radius 3 is 2.71 bits per heavy atom. The van der Waals surface area contributed by atoms with Crippen LogP contribution in [0.15, 0.2) is 48.9 Å². The van der Waals surface area contributed by atoms with E-state index in [1.807, 2.05) is 20.8 Å². The average Bonchev–Trinajstić information content (AvgIpc) is 3.15. The van der Waals surface area contributed by atoms with Gasteiger partial charge >= 0.3 is 0 Å². The number of nitrogens with zero attached hydrogens (tertiary/aromatic N) is 4. The van der Waals surface area contributed by atoms with E-state index in [-0.39, 0.29) is 6.54 Å². The van der Waals surface area contributed by atoms with Crippen molar-refractivity contribution in [1.29, 1.82) is 0 Å². The average molecular weight is 441 g/mol. The number of aryl methyl sites for hydroxylation is 1. The Bertz CT molecular complexity index is 1240. The van der Waals surface area contributed by atoms with Crippen LogP contribution in [-0.4, -0.2) is 25.7 Å². The molecule has 3 aromatic heterocycles. The number of halogens is 2. The summed E-state index contributed by atoms with van der Waals surface area (Å²) in [5.41, 5.74) is 9.47. The molecule has 0 bridgehead atoms. The lowest BCUT2D eigenvalue weighted by atomic mass is 10.1. The molecule has 0 aliphatic rings. The molecule has 9 heteroatoms. The van der Waals surface area contributed by atoms with Gasteiger partial charge in [0.25, 0.3) is 0 Å². The van der Waals surface area contributed by atoms with Crippen LogP contribution in [0.25, 0.3) is 22.3 Å². The predicted molar refractivity (Wildman–Crippen MR) is 121 cm³/mol. The summed E-state index contributed by atoms with van der Waals surface area (Å²) >= 11 is 6.01. The second-order valence-corrected chi connectivity index (χ2v) is 6.96. The summed E-state index contributed by atoms with van der Waals surface area (Å²) < 4.78 is 15.7. The van der Waals surface area contributed by atoms with Gasteiger partial charge < -0.3 is 11.1 Å². The fourth-order valence-corrected chi connectivity index (χ4v) is 3.13. The number of rotatable bonds is 5. The van der Waals surface area contributed by atoms with E-state index in [9.17, 15) is 9.18 Å². The first kappa shape index (κ1) is 22.2. The van der Waals surface area contributed by atoms with E-state index in [0.717, 1.165) is 11.3 Å². The maximum atomic E-state index is 14.3. The molecule has 0 spiro atoms. The fourth-order valence-electron chi connectivity index (χ4n) is 2.95. The molecule has 3 N–H and O–H groups in total. The number of benzene rings is 1. The SMILES string of the molecule is CC.Cc1cnc(-c2cc(Cl)ccc2F)cc1Nc1ccnc2cn(CC(N)=O)nc12. The number of carbonyl (C=O) groups is 1. The quantitative estimate of drug-likeness (QED) is 0.462. The van der Waals surface area contributed by atoms with Crippen molar-refractivity contribution in [2.24, 2.45) is 5.73 Å². The highest BCUT2D eigenvalue weighted by Crippen LogP contribution is 2.30. The topological polar surface area (TPSA) is 98.7 Å². The highest BCUT2D eigenvalue weighted by atomic mass is 35.5. The zero-order valence-corrected chi connectivity index (χ0v) is 18.1. The van der Waals surface area contributed by atoms with Crippen molar-refractivity contribution in [1.82, 2.24) is 19.7 Å². The molecule has 31 heavy (non-hydrogen) atoms. The first-order valence-corrected chi connectivity index (χ1v) is 10.1. The molecule has 0 aliphatic heterocycles. The van der Waals surface area contributed by atoms with E-state index in [1.165, 1.54) is 22.9 Å². The molecule has 0 saturated heterocycles. The van der Waals surface area contributed by atoms with Gasteiger partial charge in [-0.25, -0.2) is 4.39 Å². The zero-order valence-electron chi connectivity index (χ0n) is 17.4. The predicted octanol–water partition coefficient (Wildman–Crippen LogP) is 4.85. The number of primary amides is 1. The Kier molecular flexibility index (Phi) is 6.81. The minimum absolute atomic E-state index is 0.0394. The Morgan fingerprint density at radius 2 is 1.97 bits per heavy atom. The molecule has 7 nitrogen and oxygen atoms in total. The normalized spacial score (nSPS) is 10.5. The molecule has 0 radical (unpaired) electrons. The smallest absolute Gasteiger partial charge is 0.239 e. The van der Waals surface area contributed by atoms with Gasteiger partial charge in [0.1, 0.15) is 23.4 Å². The molecule has 0 fully saturated rings. The molecule has 1 aromatic carbocycles. The van der Waals surface area contributed by atoms with Crippen LogP contribution in [0.2, 0.25) is 5.02 Å². The number of nitrogens with two attached hydrogens (primary N) is 1. The molecule has 0 atom stereocenters. The van der Waals surface area contributed by atoms with Crippen molar-refractivity contribution in [2.45, 2.75) is 27.3 Å². The Labute approximate surface area is 184 Å². The Hall–Kier alpha value is -3.52. The van der Waals surface area contributed by atoms with E-state index in [1.54, 1.807) is 30.7 Å². The third-order valence-electron chi connectivity index (χ3n) is 4.35. The number of carbonyl (C=O) groups excluding carboxylic acids is 1. The molecule has 160 valence electrons. The van der Waals surface area contributed by atoms with Gasteiger partial charge in [-0.3, -0.25) is 19.4 Å². The summed E-state index contributed by atoms with van der Waals surface area (Å²) in [6.07, 6.45) is 4.94. The van der Waals surface area contributed by atoms with E-state index < -0.39 is 11.7 Å². The van der Waals surface area contributed by atoms with Crippen molar-refractivity contribution in [3.05, 3.63) is 65.3 Å². The molecule has 0 unspecified atom stereocenters. The fraction of sp³-hybridized carbons (Fsp3) is 0.182. The van der Waals surface area contributed by atoms with Crippen LogP contribution in [0.5, 0.6) is 0 Å². The van der Waals surface area contributed by atoms with Crippen LogP contribution in [0.4, 0.5) is 15.8 Å². The first-order valence-electron chi connectivity index (χ1n) is 9.70. The summed E-state index contributed by atoms with van der Waals surface area (Å²) in [5, 5.41) is 8.11. The molecule has 4 aromatic rings. The van der Waals surface area contributed by atoms with Crippen LogP contribution in [0.1, 0.15) is 19.4 Å². The van der Waals surface area contributed by atoms with Crippen molar-refractivity contribution >= 4 is 39.9 Å². The van der Waals surface area contributed by atoms with Gasteiger partial charge in [-0.05, 0) is 42.8 Å². The highest BCUT2D eigenvalue weighted by Gasteiger charge is 2.13. The lowest BCUT2D eigenvalue weighted by molar-refractivity contribution is -0.118.